The van der Waals surface area contributed by atoms with Crippen molar-refractivity contribution in [3.8, 4) is 0 Å². The first-order chi connectivity index (χ1) is 11.5. The van der Waals surface area contributed by atoms with E-state index < -0.39 is 23.6 Å². The van der Waals surface area contributed by atoms with Gasteiger partial charge in [0.15, 0.2) is 0 Å². The number of nitrogens with zero attached hydrogens (tertiary/aromatic N) is 2. The van der Waals surface area contributed by atoms with Crippen LogP contribution < -0.4 is 0 Å². The maximum atomic E-state index is 12.5. The summed E-state index contributed by atoms with van der Waals surface area (Å²) in [4.78, 5) is 14.3. The van der Waals surface area contributed by atoms with Crippen molar-refractivity contribution in [3.63, 3.8) is 0 Å². The summed E-state index contributed by atoms with van der Waals surface area (Å²) in [6.07, 6.45) is -4.92. The quantitative estimate of drug-likeness (QED) is 0.594. The standard InChI is InChI=1S/C12H19F3N2O2.3C2H6/c1-9(12(13,14)15)16-5-7-17(8-6-16)10(18)19-11(2,3)4;3*1-2/h1,5-8H2,2-4H3;3*1-2H3. The molecule has 0 radical (unpaired) electrons. The molecule has 1 fully saturated rings. The number of rotatable bonds is 1. The third kappa shape index (κ3) is 12.6. The van der Waals surface area contributed by atoms with Crippen LogP contribution in [0.25, 0.3) is 0 Å². The van der Waals surface area contributed by atoms with E-state index in [2.05, 4.69) is 6.58 Å². The molecule has 0 aliphatic carbocycles. The zero-order valence-corrected chi connectivity index (χ0v) is 17.4. The molecular weight excluding hydrogens is 333 g/mol. The third-order valence-electron chi connectivity index (χ3n) is 2.64. The Bertz CT molecular complexity index is 356. The molecule has 1 rings (SSSR count). The Balaban J connectivity index is -0.000000725. The van der Waals surface area contributed by atoms with Crippen LogP contribution in [0.2, 0.25) is 0 Å². The Hall–Kier alpha value is -1.40. The molecule has 1 amide bonds. The fourth-order valence-corrected chi connectivity index (χ4v) is 1.66. The maximum Gasteiger partial charge on any atom is 0.430 e. The molecule has 7 heteroatoms. The highest BCUT2D eigenvalue weighted by molar-refractivity contribution is 5.68. The lowest BCUT2D eigenvalue weighted by atomic mass is 10.2. The highest BCUT2D eigenvalue weighted by Crippen LogP contribution is 2.27. The first kappa shape index (κ1) is 28.4. The highest BCUT2D eigenvalue weighted by atomic mass is 19.4. The van der Waals surface area contributed by atoms with Gasteiger partial charge in [-0.1, -0.05) is 48.1 Å². The highest BCUT2D eigenvalue weighted by Gasteiger charge is 2.37. The first-order valence-electron chi connectivity index (χ1n) is 8.99. The fraction of sp³-hybridized carbons (Fsp3) is 0.833. The smallest absolute Gasteiger partial charge is 0.430 e. The lowest BCUT2D eigenvalue weighted by Crippen LogP contribution is -2.50. The Morgan fingerprint density at radius 3 is 1.44 bits per heavy atom. The van der Waals surface area contributed by atoms with Gasteiger partial charge in [0.2, 0.25) is 0 Å². The van der Waals surface area contributed by atoms with Gasteiger partial charge in [-0.3, -0.25) is 0 Å². The lowest BCUT2D eigenvalue weighted by molar-refractivity contribution is -0.113. The van der Waals surface area contributed by atoms with E-state index in [9.17, 15) is 18.0 Å². The Labute approximate surface area is 152 Å². The van der Waals surface area contributed by atoms with E-state index >= 15 is 0 Å². The average molecular weight is 371 g/mol. The second-order valence-electron chi connectivity index (χ2n) is 5.40. The van der Waals surface area contributed by atoms with Gasteiger partial charge in [0, 0.05) is 26.2 Å². The molecule has 1 aliphatic heterocycles. The van der Waals surface area contributed by atoms with E-state index in [1.165, 1.54) is 4.90 Å². The van der Waals surface area contributed by atoms with E-state index in [-0.39, 0.29) is 26.2 Å². The molecular formula is C18H37F3N2O2. The van der Waals surface area contributed by atoms with Crippen LogP contribution in [0.4, 0.5) is 18.0 Å². The van der Waals surface area contributed by atoms with Crippen LogP contribution in [-0.2, 0) is 4.74 Å². The maximum absolute atomic E-state index is 12.5. The zero-order valence-electron chi connectivity index (χ0n) is 17.4. The van der Waals surface area contributed by atoms with E-state index in [0.717, 1.165) is 4.90 Å². The van der Waals surface area contributed by atoms with Crippen molar-refractivity contribution in [2.75, 3.05) is 26.2 Å². The number of ether oxygens (including phenoxy) is 1. The first-order valence-corrected chi connectivity index (χ1v) is 8.99. The lowest BCUT2D eigenvalue weighted by Gasteiger charge is -2.37. The average Bonchev–Trinajstić information content (AvgIpc) is 2.57. The Morgan fingerprint density at radius 1 is 0.840 bits per heavy atom. The zero-order chi connectivity index (χ0) is 20.8. The summed E-state index contributed by atoms with van der Waals surface area (Å²) in [7, 11) is 0. The summed E-state index contributed by atoms with van der Waals surface area (Å²) < 4.78 is 42.6. The summed E-state index contributed by atoms with van der Waals surface area (Å²) >= 11 is 0. The van der Waals surface area contributed by atoms with Gasteiger partial charge in [-0.05, 0) is 20.8 Å². The van der Waals surface area contributed by atoms with E-state index in [1.54, 1.807) is 20.8 Å². The van der Waals surface area contributed by atoms with Crippen molar-refractivity contribution in [1.29, 1.82) is 0 Å². The van der Waals surface area contributed by atoms with E-state index in [4.69, 9.17) is 4.74 Å². The third-order valence-corrected chi connectivity index (χ3v) is 2.64. The molecule has 0 atom stereocenters. The number of piperazine rings is 1. The minimum atomic E-state index is -4.42. The molecule has 0 unspecified atom stereocenters. The van der Waals surface area contributed by atoms with Crippen LogP contribution in [-0.4, -0.2) is 53.8 Å². The molecule has 0 aromatic heterocycles. The van der Waals surface area contributed by atoms with Gasteiger partial charge in [-0.2, -0.15) is 13.2 Å². The van der Waals surface area contributed by atoms with Crippen LogP contribution in [0, 0.1) is 0 Å². The molecule has 1 saturated heterocycles. The summed E-state index contributed by atoms with van der Waals surface area (Å²) in [6, 6.07) is 0. The summed E-state index contributed by atoms with van der Waals surface area (Å²) in [5, 5.41) is 0. The number of hydrogen-bond donors (Lipinski definition) is 0. The molecule has 1 heterocycles. The number of carbonyl (C=O) groups excluding carboxylic acids is 1. The van der Waals surface area contributed by atoms with Crippen molar-refractivity contribution < 1.29 is 22.7 Å². The largest absolute Gasteiger partial charge is 0.444 e. The second kappa shape index (κ2) is 13.8. The summed E-state index contributed by atoms with van der Waals surface area (Å²) in [6.45, 7) is 20.9. The molecule has 0 saturated carbocycles. The molecule has 152 valence electrons. The van der Waals surface area contributed by atoms with Crippen molar-refractivity contribution in [3.05, 3.63) is 12.3 Å². The number of carbonyl (C=O) groups is 1. The fourth-order valence-electron chi connectivity index (χ4n) is 1.66. The predicted octanol–water partition coefficient (Wildman–Crippen LogP) is 5.69. The minimum Gasteiger partial charge on any atom is -0.444 e. The van der Waals surface area contributed by atoms with Gasteiger partial charge in [-0.15, -0.1) is 0 Å². The topological polar surface area (TPSA) is 32.8 Å². The molecule has 0 aromatic carbocycles. The number of allylic oxidation sites excluding steroid dienone is 1. The predicted molar refractivity (Wildman–Crippen MR) is 98.6 cm³/mol. The van der Waals surface area contributed by atoms with Crippen LogP contribution in [0.5, 0.6) is 0 Å². The van der Waals surface area contributed by atoms with Gasteiger partial charge >= 0.3 is 12.3 Å². The molecule has 0 N–H and O–H groups in total. The molecule has 0 aromatic rings. The SMILES string of the molecule is C=C(N1CCN(C(=O)OC(C)(C)C)CC1)C(F)(F)F.CC.CC.CC. The molecule has 0 spiro atoms. The number of alkyl halides is 3. The Kier molecular flexibility index (Phi) is 15.7. The van der Waals surface area contributed by atoms with Gasteiger partial charge in [-0.25, -0.2) is 4.79 Å². The second-order valence-corrected chi connectivity index (χ2v) is 5.40. The van der Waals surface area contributed by atoms with Gasteiger partial charge in [0.1, 0.15) is 11.3 Å². The van der Waals surface area contributed by atoms with Crippen molar-refractivity contribution in [2.45, 2.75) is 74.1 Å². The Morgan fingerprint density at radius 2 is 1.16 bits per heavy atom. The normalized spacial score (nSPS) is 13.9. The van der Waals surface area contributed by atoms with Crippen LogP contribution in [0.3, 0.4) is 0 Å². The molecule has 25 heavy (non-hydrogen) atoms. The van der Waals surface area contributed by atoms with Crippen LogP contribution in [0.15, 0.2) is 12.3 Å². The van der Waals surface area contributed by atoms with Crippen LogP contribution >= 0.6 is 0 Å². The summed E-state index contributed by atoms with van der Waals surface area (Å²) in [5.41, 5.74) is -1.47. The number of halogens is 3. The van der Waals surface area contributed by atoms with E-state index in [0.29, 0.717) is 0 Å². The molecule has 1 aliphatic rings. The van der Waals surface area contributed by atoms with Gasteiger partial charge in [0.05, 0.1) is 0 Å². The molecule has 0 bridgehead atoms. The van der Waals surface area contributed by atoms with E-state index in [1.807, 2.05) is 41.5 Å². The van der Waals surface area contributed by atoms with Crippen LogP contribution in [0.1, 0.15) is 62.3 Å². The monoisotopic (exact) mass is 370 g/mol. The van der Waals surface area contributed by atoms with Gasteiger partial charge < -0.3 is 14.5 Å². The van der Waals surface area contributed by atoms with Crippen molar-refractivity contribution in [1.82, 2.24) is 9.80 Å². The number of hydrogen-bond acceptors (Lipinski definition) is 3. The number of amides is 1. The summed E-state index contributed by atoms with van der Waals surface area (Å²) in [5.74, 6) is 0. The van der Waals surface area contributed by atoms with Crippen molar-refractivity contribution in [2.24, 2.45) is 0 Å². The van der Waals surface area contributed by atoms with Crippen molar-refractivity contribution >= 4 is 6.09 Å². The van der Waals surface area contributed by atoms with Gasteiger partial charge in [0.25, 0.3) is 0 Å². The minimum absolute atomic E-state index is 0.109. The molecule has 4 nitrogen and oxygen atoms in total.